The highest BCUT2D eigenvalue weighted by Gasteiger charge is 2.23. The number of allylic oxidation sites excluding steroid dienone is 1. The van der Waals surface area contributed by atoms with Crippen LogP contribution in [-0.2, 0) is 9.53 Å². The van der Waals surface area contributed by atoms with Crippen molar-refractivity contribution < 1.29 is 19.4 Å². The van der Waals surface area contributed by atoms with Crippen LogP contribution in [0.5, 0.6) is 0 Å². The van der Waals surface area contributed by atoms with Crippen LogP contribution in [-0.4, -0.2) is 41.9 Å². The monoisotopic (exact) mass is 286 g/mol. The van der Waals surface area contributed by atoms with E-state index in [1.54, 1.807) is 20.8 Å². The second kappa shape index (κ2) is 8.58. The third kappa shape index (κ3) is 9.38. The molecule has 0 heterocycles. The van der Waals surface area contributed by atoms with Gasteiger partial charge in [-0.1, -0.05) is 26.0 Å². The van der Waals surface area contributed by atoms with Crippen LogP contribution in [0.1, 0.15) is 34.6 Å². The van der Waals surface area contributed by atoms with Crippen molar-refractivity contribution in [3.63, 3.8) is 0 Å². The molecule has 0 aromatic heterocycles. The largest absolute Gasteiger partial charge is 0.444 e. The van der Waals surface area contributed by atoms with E-state index in [-0.39, 0.29) is 0 Å². The predicted molar refractivity (Wildman–Crippen MR) is 77.2 cm³/mol. The molecule has 0 fully saturated rings. The van der Waals surface area contributed by atoms with Gasteiger partial charge < -0.3 is 20.5 Å². The van der Waals surface area contributed by atoms with Gasteiger partial charge in [0.15, 0.2) is 0 Å². The molecule has 3 N–H and O–H groups in total. The van der Waals surface area contributed by atoms with Gasteiger partial charge in [-0.05, 0) is 26.7 Å². The maximum atomic E-state index is 11.7. The van der Waals surface area contributed by atoms with Crippen LogP contribution in [0.15, 0.2) is 12.2 Å². The number of hydrogen-bond acceptors (Lipinski definition) is 4. The first kappa shape index (κ1) is 18.4. The number of hydrogen-bond donors (Lipinski definition) is 3. The standard InChI is InChI=1S/C14H26N2O4/c1-10(2)7-6-8-15-12(18)11(9-17)16-13(19)20-14(3,4)5/h6-7,10-11,17H,8-9H2,1-5H3,(H,15,18)(H,16,19)/b7-6+/t11-/m1/s1. The molecule has 0 rings (SSSR count). The molecule has 0 unspecified atom stereocenters. The molecule has 0 aliphatic carbocycles. The zero-order valence-corrected chi connectivity index (χ0v) is 12.9. The zero-order valence-electron chi connectivity index (χ0n) is 12.9. The Bertz CT molecular complexity index is 346. The molecule has 116 valence electrons. The summed E-state index contributed by atoms with van der Waals surface area (Å²) in [6.07, 6.45) is 3.05. The Morgan fingerprint density at radius 1 is 1.30 bits per heavy atom. The number of carbonyl (C=O) groups is 2. The van der Waals surface area contributed by atoms with Gasteiger partial charge in [-0.15, -0.1) is 0 Å². The molecular weight excluding hydrogens is 260 g/mol. The molecular formula is C14H26N2O4. The number of aliphatic hydroxyl groups excluding tert-OH is 1. The van der Waals surface area contributed by atoms with Crippen molar-refractivity contribution in [2.45, 2.75) is 46.3 Å². The van der Waals surface area contributed by atoms with Gasteiger partial charge in [0, 0.05) is 6.54 Å². The fraction of sp³-hybridized carbons (Fsp3) is 0.714. The van der Waals surface area contributed by atoms with Crippen LogP contribution in [0.4, 0.5) is 4.79 Å². The van der Waals surface area contributed by atoms with Crippen molar-refractivity contribution in [3.8, 4) is 0 Å². The molecule has 6 nitrogen and oxygen atoms in total. The first-order valence-corrected chi connectivity index (χ1v) is 6.70. The minimum absolute atomic E-state index is 0.351. The van der Waals surface area contributed by atoms with Crippen LogP contribution in [0.25, 0.3) is 0 Å². The maximum absolute atomic E-state index is 11.7. The summed E-state index contributed by atoms with van der Waals surface area (Å²) in [4.78, 5) is 23.3. The molecule has 0 saturated carbocycles. The number of carbonyl (C=O) groups excluding carboxylic acids is 2. The van der Waals surface area contributed by atoms with Gasteiger partial charge in [0.05, 0.1) is 6.61 Å². The van der Waals surface area contributed by atoms with Crippen molar-refractivity contribution in [1.29, 1.82) is 0 Å². The predicted octanol–water partition coefficient (Wildman–Crippen LogP) is 1.20. The lowest BCUT2D eigenvalue weighted by Crippen LogP contribution is -2.50. The highest BCUT2D eigenvalue weighted by atomic mass is 16.6. The number of aliphatic hydroxyl groups is 1. The smallest absolute Gasteiger partial charge is 0.408 e. The summed E-state index contributed by atoms with van der Waals surface area (Å²) in [6.45, 7) is 9.08. The molecule has 1 atom stereocenters. The Morgan fingerprint density at radius 3 is 2.35 bits per heavy atom. The van der Waals surface area contributed by atoms with Crippen molar-refractivity contribution in [2.24, 2.45) is 5.92 Å². The summed E-state index contributed by atoms with van der Waals surface area (Å²) in [7, 11) is 0. The molecule has 0 aliphatic rings. The fourth-order valence-corrected chi connectivity index (χ4v) is 1.27. The van der Waals surface area contributed by atoms with Crippen LogP contribution in [0, 0.1) is 5.92 Å². The lowest BCUT2D eigenvalue weighted by molar-refractivity contribution is -0.123. The molecule has 20 heavy (non-hydrogen) atoms. The lowest BCUT2D eigenvalue weighted by Gasteiger charge is -2.22. The Labute approximate surface area is 120 Å². The summed E-state index contributed by atoms with van der Waals surface area (Å²) in [5.41, 5.74) is -0.652. The van der Waals surface area contributed by atoms with Crippen molar-refractivity contribution in [2.75, 3.05) is 13.2 Å². The third-order valence-corrected chi connectivity index (χ3v) is 2.11. The van der Waals surface area contributed by atoms with Gasteiger partial charge in [-0.25, -0.2) is 4.79 Å². The first-order valence-electron chi connectivity index (χ1n) is 6.70. The lowest BCUT2D eigenvalue weighted by atomic mass is 10.2. The SMILES string of the molecule is CC(C)/C=C/CNC(=O)[C@@H](CO)NC(=O)OC(C)(C)C. The second-order valence-electron chi connectivity index (χ2n) is 5.80. The van der Waals surface area contributed by atoms with E-state index in [0.29, 0.717) is 12.5 Å². The molecule has 0 saturated heterocycles. The van der Waals surface area contributed by atoms with Crippen LogP contribution < -0.4 is 10.6 Å². The zero-order chi connectivity index (χ0) is 15.8. The van der Waals surface area contributed by atoms with Crippen molar-refractivity contribution in [3.05, 3.63) is 12.2 Å². The van der Waals surface area contributed by atoms with E-state index in [2.05, 4.69) is 10.6 Å². The summed E-state index contributed by atoms with van der Waals surface area (Å²) in [6, 6.07) is -1.02. The van der Waals surface area contributed by atoms with Gasteiger partial charge >= 0.3 is 6.09 Å². The molecule has 0 aromatic carbocycles. The number of rotatable bonds is 6. The third-order valence-electron chi connectivity index (χ3n) is 2.11. The van der Waals surface area contributed by atoms with Crippen molar-refractivity contribution >= 4 is 12.0 Å². The van der Waals surface area contributed by atoms with E-state index in [1.165, 1.54) is 0 Å². The summed E-state index contributed by atoms with van der Waals surface area (Å²) in [5.74, 6) is -0.0489. The van der Waals surface area contributed by atoms with Gasteiger partial charge in [0.25, 0.3) is 0 Å². The fourth-order valence-electron chi connectivity index (χ4n) is 1.27. The van der Waals surface area contributed by atoms with Crippen molar-refractivity contribution in [1.82, 2.24) is 10.6 Å². The number of alkyl carbamates (subject to hydrolysis) is 1. The molecule has 0 aromatic rings. The van der Waals surface area contributed by atoms with Crippen LogP contribution >= 0.6 is 0 Å². The summed E-state index contributed by atoms with van der Waals surface area (Å²) >= 11 is 0. The number of nitrogens with one attached hydrogen (secondary N) is 2. The van der Waals surface area contributed by atoms with E-state index in [9.17, 15) is 9.59 Å². The van der Waals surface area contributed by atoms with Crippen LogP contribution in [0.2, 0.25) is 0 Å². The highest BCUT2D eigenvalue weighted by molar-refractivity contribution is 5.85. The van der Waals surface area contributed by atoms with E-state index < -0.39 is 30.3 Å². The van der Waals surface area contributed by atoms with E-state index in [0.717, 1.165) is 0 Å². The Balaban J connectivity index is 4.25. The number of amides is 2. The molecule has 0 aliphatic heterocycles. The minimum Gasteiger partial charge on any atom is -0.444 e. The molecule has 0 bridgehead atoms. The molecule has 0 spiro atoms. The average molecular weight is 286 g/mol. The molecule has 0 radical (unpaired) electrons. The summed E-state index contributed by atoms with van der Waals surface area (Å²) < 4.78 is 5.02. The Kier molecular flexibility index (Phi) is 7.91. The summed E-state index contributed by atoms with van der Waals surface area (Å²) in [5, 5.41) is 14.1. The van der Waals surface area contributed by atoms with Gasteiger partial charge in [-0.3, -0.25) is 4.79 Å². The van der Waals surface area contributed by atoms with E-state index >= 15 is 0 Å². The molecule has 6 heteroatoms. The first-order chi connectivity index (χ1) is 9.15. The quantitative estimate of drug-likeness (QED) is 0.640. The average Bonchev–Trinajstić information content (AvgIpc) is 2.28. The topological polar surface area (TPSA) is 87.7 Å². The van der Waals surface area contributed by atoms with Gasteiger partial charge in [0.1, 0.15) is 11.6 Å². The Hall–Kier alpha value is -1.56. The van der Waals surface area contributed by atoms with Gasteiger partial charge in [0.2, 0.25) is 5.91 Å². The van der Waals surface area contributed by atoms with Gasteiger partial charge in [-0.2, -0.15) is 0 Å². The number of ether oxygens (including phenoxy) is 1. The van der Waals surface area contributed by atoms with E-state index in [4.69, 9.17) is 9.84 Å². The maximum Gasteiger partial charge on any atom is 0.408 e. The molecule has 2 amide bonds. The minimum atomic E-state index is -1.02. The van der Waals surface area contributed by atoms with Crippen LogP contribution in [0.3, 0.4) is 0 Å². The highest BCUT2D eigenvalue weighted by Crippen LogP contribution is 2.06. The Morgan fingerprint density at radius 2 is 1.90 bits per heavy atom. The second-order valence-corrected chi connectivity index (χ2v) is 5.80. The van der Waals surface area contributed by atoms with E-state index in [1.807, 2.05) is 26.0 Å². The normalized spacial score (nSPS) is 13.3.